The number of benzene rings is 2. The molecule has 0 aliphatic heterocycles. The Balaban J connectivity index is 1.94. The van der Waals surface area contributed by atoms with Crippen LogP contribution in [0.2, 0.25) is 5.02 Å². The maximum absolute atomic E-state index is 12.2. The van der Waals surface area contributed by atoms with Crippen molar-refractivity contribution < 1.29 is 18.0 Å². The number of carbonyl (C=O) groups is 2. The molecule has 0 aromatic heterocycles. The molecule has 8 heteroatoms. The van der Waals surface area contributed by atoms with Crippen LogP contribution in [0.4, 0.5) is 0 Å². The Morgan fingerprint density at radius 2 is 1.58 bits per heavy atom. The molecule has 0 radical (unpaired) electrons. The second-order valence-corrected chi connectivity index (χ2v) is 8.31. The SMILES string of the molecule is CN(C)C(=O)c1ccc(CNC(=O)CS(=O)(=O)c2ccc(Cl)cc2)cc1. The van der Waals surface area contributed by atoms with Gasteiger partial charge in [-0.05, 0) is 42.0 Å². The van der Waals surface area contributed by atoms with Gasteiger partial charge in [-0.3, -0.25) is 9.59 Å². The number of halogens is 1. The van der Waals surface area contributed by atoms with Crippen molar-refractivity contribution in [3.63, 3.8) is 0 Å². The smallest absolute Gasteiger partial charge is 0.253 e. The highest BCUT2D eigenvalue weighted by molar-refractivity contribution is 7.92. The third-order valence-electron chi connectivity index (χ3n) is 3.59. The van der Waals surface area contributed by atoms with E-state index in [0.717, 1.165) is 5.56 Å². The number of nitrogens with zero attached hydrogens (tertiary/aromatic N) is 1. The van der Waals surface area contributed by atoms with Gasteiger partial charge >= 0.3 is 0 Å². The lowest BCUT2D eigenvalue weighted by atomic mass is 10.1. The van der Waals surface area contributed by atoms with E-state index in [2.05, 4.69) is 5.32 Å². The molecule has 2 rings (SSSR count). The van der Waals surface area contributed by atoms with Crippen LogP contribution in [-0.4, -0.2) is 45.0 Å². The summed E-state index contributed by atoms with van der Waals surface area (Å²) >= 11 is 5.74. The van der Waals surface area contributed by atoms with E-state index >= 15 is 0 Å². The molecule has 0 aliphatic rings. The standard InChI is InChI=1S/C18H19ClN2O4S/c1-21(2)18(23)14-5-3-13(4-6-14)11-20-17(22)12-26(24,25)16-9-7-15(19)8-10-16/h3-10H,11-12H2,1-2H3,(H,20,22). The highest BCUT2D eigenvalue weighted by atomic mass is 35.5. The Morgan fingerprint density at radius 3 is 2.12 bits per heavy atom. The average molecular weight is 395 g/mol. The first-order valence-electron chi connectivity index (χ1n) is 7.74. The molecular weight excluding hydrogens is 376 g/mol. The van der Waals surface area contributed by atoms with Crippen molar-refractivity contribution in [1.29, 1.82) is 0 Å². The van der Waals surface area contributed by atoms with E-state index in [1.165, 1.54) is 29.2 Å². The summed E-state index contributed by atoms with van der Waals surface area (Å²) in [5, 5.41) is 2.99. The number of amides is 2. The van der Waals surface area contributed by atoms with Gasteiger partial charge in [-0.15, -0.1) is 0 Å². The van der Waals surface area contributed by atoms with Gasteiger partial charge in [0.1, 0.15) is 5.75 Å². The Labute approximate surface area is 157 Å². The normalized spacial score (nSPS) is 11.0. The number of carbonyl (C=O) groups excluding carboxylic acids is 2. The minimum Gasteiger partial charge on any atom is -0.351 e. The molecule has 0 unspecified atom stereocenters. The fourth-order valence-electron chi connectivity index (χ4n) is 2.17. The van der Waals surface area contributed by atoms with Crippen molar-refractivity contribution in [3.05, 3.63) is 64.7 Å². The van der Waals surface area contributed by atoms with Gasteiger partial charge in [0.25, 0.3) is 5.91 Å². The van der Waals surface area contributed by atoms with Crippen LogP contribution in [0.25, 0.3) is 0 Å². The first-order valence-corrected chi connectivity index (χ1v) is 9.78. The van der Waals surface area contributed by atoms with E-state index in [-0.39, 0.29) is 17.3 Å². The molecule has 26 heavy (non-hydrogen) atoms. The summed E-state index contributed by atoms with van der Waals surface area (Å²) in [4.78, 5) is 25.3. The zero-order valence-corrected chi connectivity index (χ0v) is 16.0. The van der Waals surface area contributed by atoms with Crippen molar-refractivity contribution in [2.24, 2.45) is 0 Å². The van der Waals surface area contributed by atoms with Gasteiger partial charge in [0.2, 0.25) is 5.91 Å². The van der Waals surface area contributed by atoms with Crippen molar-refractivity contribution in [2.45, 2.75) is 11.4 Å². The van der Waals surface area contributed by atoms with E-state index in [4.69, 9.17) is 11.6 Å². The molecule has 138 valence electrons. The number of rotatable bonds is 6. The molecule has 2 aromatic rings. The molecule has 0 aliphatic carbocycles. The van der Waals surface area contributed by atoms with Crippen LogP contribution in [0.15, 0.2) is 53.4 Å². The minimum atomic E-state index is -3.73. The van der Waals surface area contributed by atoms with Gasteiger partial charge in [0.15, 0.2) is 9.84 Å². The lowest BCUT2D eigenvalue weighted by Gasteiger charge is -2.11. The fraction of sp³-hybridized carbons (Fsp3) is 0.222. The molecule has 0 fully saturated rings. The zero-order valence-electron chi connectivity index (χ0n) is 14.4. The molecular formula is C18H19ClN2O4S. The Bertz CT molecular complexity index is 892. The second kappa shape index (κ2) is 8.33. The zero-order chi connectivity index (χ0) is 19.3. The fourth-order valence-corrected chi connectivity index (χ4v) is 3.46. The van der Waals surface area contributed by atoms with E-state index in [1.807, 2.05) is 0 Å². The van der Waals surface area contributed by atoms with Crippen molar-refractivity contribution in [2.75, 3.05) is 19.8 Å². The second-order valence-electron chi connectivity index (χ2n) is 5.89. The molecule has 2 amide bonds. The van der Waals surface area contributed by atoms with Crippen molar-refractivity contribution in [1.82, 2.24) is 10.2 Å². The van der Waals surface area contributed by atoms with Crippen molar-refractivity contribution >= 4 is 33.3 Å². The molecule has 0 spiro atoms. The van der Waals surface area contributed by atoms with Crippen LogP contribution < -0.4 is 5.32 Å². The van der Waals surface area contributed by atoms with Gasteiger partial charge in [-0.25, -0.2) is 8.42 Å². The molecule has 0 saturated heterocycles. The Kier molecular flexibility index (Phi) is 6.39. The third-order valence-corrected chi connectivity index (χ3v) is 5.48. The minimum absolute atomic E-state index is 0.0450. The van der Waals surface area contributed by atoms with Crippen LogP contribution >= 0.6 is 11.6 Å². The largest absolute Gasteiger partial charge is 0.351 e. The van der Waals surface area contributed by atoms with Crippen LogP contribution in [0, 0.1) is 0 Å². The summed E-state index contributed by atoms with van der Waals surface area (Å²) < 4.78 is 24.4. The number of sulfone groups is 1. The van der Waals surface area contributed by atoms with Crippen LogP contribution in [0.1, 0.15) is 15.9 Å². The van der Waals surface area contributed by atoms with Gasteiger partial charge < -0.3 is 10.2 Å². The molecule has 0 atom stereocenters. The lowest BCUT2D eigenvalue weighted by molar-refractivity contribution is -0.118. The summed E-state index contributed by atoms with van der Waals surface area (Å²) in [5.41, 5.74) is 1.30. The summed E-state index contributed by atoms with van der Waals surface area (Å²) in [6, 6.07) is 12.4. The highest BCUT2D eigenvalue weighted by Crippen LogP contribution is 2.15. The lowest BCUT2D eigenvalue weighted by Crippen LogP contribution is -2.30. The molecule has 0 saturated carbocycles. The molecule has 1 N–H and O–H groups in total. The maximum Gasteiger partial charge on any atom is 0.253 e. The van der Waals surface area contributed by atoms with Crippen LogP contribution in [0.3, 0.4) is 0 Å². The summed E-state index contributed by atoms with van der Waals surface area (Å²) in [6.45, 7) is 0.172. The number of hydrogen-bond acceptors (Lipinski definition) is 4. The summed E-state index contributed by atoms with van der Waals surface area (Å²) in [6.07, 6.45) is 0. The maximum atomic E-state index is 12.2. The van der Waals surface area contributed by atoms with Gasteiger partial charge in [-0.2, -0.15) is 0 Å². The topological polar surface area (TPSA) is 83.6 Å². The monoisotopic (exact) mass is 394 g/mol. The quantitative estimate of drug-likeness (QED) is 0.813. The van der Waals surface area contributed by atoms with Gasteiger partial charge in [0.05, 0.1) is 4.90 Å². The third kappa shape index (κ3) is 5.31. The van der Waals surface area contributed by atoms with Crippen LogP contribution in [0.5, 0.6) is 0 Å². The van der Waals surface area contributed by atoms with Gasteiger partial charge in [0, 0.05) is 31.2 Å². The Hall–Kier alpha value is -2.38. The number of hydrogen-bond donors (Lipinski definition) is 1. The highest BCUT2D eigenvalue weighted by Gasteiger charge is 2.19. The van der Waals surface area contributed by atoms with E-state index < -0.39 is 21.5 Å². The van der Waals surface area contributed by atoms with E-state index in [1.54, 1.807) is 38.4 Å². The van der Waals surface area contributed by atoms with Crippen LogP contribution in [-0.2, 0) is 21.2 Å². The average Bonchev–Trinajstić information content (AvgIpc) is 2.59. The summed E-state index contributed by atoms with van der Waals surface area (Å²) in [7, 11) is -0.400. The van der Waals surface area contributed by atoms with Crippen molar-refractivity contribution in [3.8, 4) is 0 Å². The predicted octanol–water partition coefficient (Wildman–Crippen LogP) is 2.13. The van der Waals surface area contributed by atoms with E-state index in [9.17, 15) is 18.0 Å². The summed E-state index contributed by atoms with van der Waals surface area (Å²) in [5.74, 6) is -1.37. The predicted molar refractivity (Wildman–Crippen MR) is 99.8 cm³/mol. The first-order chi connectivity index (χ1) is 12.2. The molecule has 0 heterocycles. The van der Waals surface area contributed by atoms with E-state index in [0.29, 0.717) is 10.6 Å². The number of nitrogens with one attached hydrogen (secondary N) is 1. The molecule has 0 bridgehead atoms. The van der Waals surface area contributed by atoms with Gasteiger partial charge in [-0.1, -0.05) is 23.7 Å². The Morgan fingerprint density at radius 1 is 1.00 bits per heavy atom. The first kappa shape index (κ1) is 19.9. The molecule has 2 aromatic carbocycles. The molecule has 6 nitrogen and oxygen atoms in total.